The first-order valence-electron chi connectivity index (χ1n) is 15.5. The molecule has 0 rings (SSSR count). The fraction of sp³-hybridized carbons (Fsp3) is 0.933. The van der Waals surface area contributed by atoms with Crippen LogP contribution < -0.4 is 69.3 Å². The van der Waals surface area contributed by atoms with E-state index in [1.165, 1.54) is 70.6 Å². The minimum Gasteiger partial charge on any atom is -0.550 e. The molecule has 0 heterocycles. The predicted octanol–water partition coefficient (Wildman–Crippen LogP) is -0.00490. The Balaban J connectivity index is -0.00000684. The zero-order valence-corrected chi connectivity index (χ0v) is 31.3. The number of hydrogen-bond donors (Lipinski definition) is 1. The molecule has 3 atom stereocenters. The van der Waals surface area contributed by atoms with E-state index in [9.17, 15) is 32.8 Å². The summed E-state index contributed by atoms with van der Waals surface area (Å²) >= 11 is 0. The standard InChI is InChI=1S/C30H58O7S.2Na/c1-4-7-9-10-11-12-13-14-15-16-17-18-19-20-21-22-24-27(28(31)32)30(29(33)34,38(35,36)37)25-26(6-3)23-8-5-2;;/h26-27H,4-25H2,1-3H3,(H,31,32)(H,33,34)(H,35,36,37);;/q;2*+1/p-2. The topological polar surface area (TPSA) is 135 Å². The molecule has 3 unspecified atom stereocenters. The summed E-state index contributed by atoms with van der Waals surface area (Å²) in [6.07, 6.45) is 20.3. The van der Waals surface area contributed by atoms with Gasteiger partial charge >= 0.3 is 59.1 Å². The first-order valence-corrected chi connectivity index (χ1v) is 16.9. The Labute approximate surface area is 290 Å². The summed E-state index contributed by atoms with van der Waals surface area (Å²) in [4.78, 5) is 24.2. The van der Waals surface area contributed by atoms with Crippen molar-refractivity contribution < 1.29 is 91.9 Å². The molecular formula is C30H56Na2O7S. The maximum absolute atomic E-state index is 12.4. The van der Waals surface area contributed by atoms with Crippen LogP contribution in [0.15, 0.2) is 0 Å². The van der Waals surface area contributed by atoms with Gasteiger partial charge in [-0.1, -0.05) is 149 Å². The molecule has 0 aromatic carbocycles. The van der Waals surface area contributed by atoms with Gasteiger partial charge in [-0.3, -0.25) is 4.55 Å². The smallest absolute Gasteiger partial charge is 0.550 e. The van der Waals surface area contributed by atoms with Crippen molar-refractivity contribution >= 4 is 22.1 Å². The van der Waals surface area contributed by atoms with Gasteiger partial charge in [-0.2, -0.15) is 8.42 Å². The molecule has 0 radical (unpaired) electrons. The SMILES string of the molecule is CCCCCCCCCCCCCCCCCCC(C(=O)[O-])C(CC(CC)CCCC)(C(=O)[O-])S(=O)(=O)O.[Na+].[Na+]. The number of carboxylic acids is 2. The van der Waals surface area contributed by atoms with Crippen LogP contribution in [0.25, 0.3) is 0 Å². The molecular weight excluding hydrogens is 550 g/mol. The van der Waals surface area contributed by atoms with Gasteiger partial charge < -0.3 is 19.8 Å². The summed E-state index contributed by atoms with van der Waals surface area (Å²) in [5.74, 6) is -6.04. The van der Waals surface area contributed by atoms with Crippen molar-refractivity contribution in [2.45, 2.75) is 167 Å². The maximum Gasteiger partial charge on any atom is 1.00 e. The average Bonchev–Trinajstić information content (AvgIpc) is 2.85. The molecule has 0 bridgehead atoms. The van der Waals surface area contributed by atoms with Gasteiger partial charge in [0.2, 0.25) is 0 Å². The van der Waals surface area contributed by atoms with E-state index in [-0.39, 0.29) is 71.5 Å². The predicted molar refractivity (Wildman–Crippen MR) is 150 cm³/mol. The fourth-order valence-electron chi connectivity index (χ4n) is 5.57. The van der Waals surface area contributed by atoms with Crippen molar-refractivity contribution in [1.29, 1.82) is 0 Å². The van der Waals surface area contributed by atoms with Crippen molar-refractivity contribution in [3.8, 4) is 0 Å². The van der Waals surface area contributed by atoms with Crippen LogP contribution in [0.1, 0.15) is 162 Å². The Morgan fingerprint density at radius 1 is 0.650 bits per heavy atom. The van der Waals surface area contributed by atoms with Gasteiger partial charge in [-0.15, -0.1) is 0 Å². The zero-order valence-electron chi connectivity index (χ0n) is 26.5. The van der Waals surface area contributed by atoms with Gasteiger partial charge in [0.25, 0.3) is 10.1 Å². The Bertz CT molecular complexity index is 734. The minimum absolute atomic E-state index is 0. The van der Waals surface area contributed by atoms with E-state index in [1.54, 1.807) is 6.92 Å². The third-order valence-corrected chi connectivity index (χ3v) is 9.67. The molecule has 226 valence electrons. The van der Waals surface area contributed by atoms with Gasteiger partial charge in [-0.05, 0) is 18.8 Å². The molecule has 0 saturated heterocycles. The number of carbonyl (C=O) groups excluding carboxylic acids is 2. The summed E-state index contributed by atoms with van der Waals surface area (Å²) in [5.41, 5.74) is 0. The Kier molecular flexibility index (Phi) is 31.0. The van der Waals surface area contributed by atoms with Crippen LogP contribution in [-0.4, -0.2) is 29.7 Å². The molecule has 0 spiro atoms. The fourth-order valence-corrected chi connectivity index (χ4v) is 6.80. The monoisotopic (exact) mass is 606 g/mol. The molecule has 0 aliphatic carbocycles. The molecule has 10 heteroatoms. The molecule has 7 nitrogen and oxygen atoms in total. The molecule has 0 aliphatic rings. The molecule has 1 N–H and O–H groups in total. The van der Waals surface area contributed by atoms with Gasteiger partial charge in [0.15, 0.2) is 0 Å². The second-order valence-corrected chi connectivity index (χ2v) is 12.9. The van der Waals surface area contributed by atoms with E-state index >= 15 is 0 Å². The maximum atomic E-state index is 12.4. The zero-order chi connectivity index (χ0) is 28.9. The summed E-state index contributed by atoms with van der Waals surface area (Å²) in [5, 5.41) is 24.2. The van der Waals surface area contributed by atoms with Crippen LogP contribution in [0, 0.1) is 11.8 Å². The number of carbonyl (C=O) groups is 2. The number of aliphatic carboxylic acids is 2. The molecule has 40 heavy (non-hydrogen) atoms. The second-order valence-electron chi connectivity index (χ2n) is 11.2. The average molecular weight is 607 g/mol. The van der Waals surface area contributed by atoms with Gasteiger partial charge in [0, 0.05) is 11.9 Å². The van der Waals surface area contributed by atoms with Crippen LogP contribution in [0.3, 0.4) is 0 Å². The van der Waals surface area contributed by atoms with Gasteiger partial charge in [0.05, 0.1) is 5.97 Å². The Morgan fingerprint density at radius 2 is 1.02 bits per heavy atom. The van der Waals surface area contributed by atoms with Crippen LogP contribution >= 0.6 is 0 Å². The second kappa shape index (κ2) is 27.4. The van der Waals surface area contributed by atoms with Gasteiger partial charge in [-0.25, -0.2) is 0 Å². The Morgan fingerprint density at radius 3 is 1.32 bits per heavy atom. The van der Waals surface area contributed by atoms with Crippen LogP contribution in [0.4, 0.5) is 0 Å². The molecule has 0 aromatic heterocycles. The third kappa shape index (κ3) is 18.5. The van der Waals surface area contributed by atoms with Crippen molar-refractivity contribution in [3.05, 3.63) is 0 Å². The summed E-state index contributed by atoms with van der Waals surface area (Å²) in [7, 11) is -5.25. The number of rotatable bonds is 27. The Hall–Kier alpha value is 0.850. The van der Waals surface area contributed by atoms with Crippen LogP contribution in [0.2, 0.25) is 0 Å². The number of carboxylic acid groups (broad SMARTS) is 2. The van der Waals surface area contributed by atoms with Crippen molar-refractivity contribution in [3.63, 3.8) is 0 Å². The molecule has 0 aliphatic heterocycles. The number of unbranched alkanes of at least 4 members (excludes halogenated alkanes) is 16. The van der Waals surface area contributed by atoms with Crippen molar-refractivity contribution in [2.24, 2.45) is 11.8 Å². The minimum atomic E-state index is -5.25. The van der Waals surface area contributed by atoms with Crippen molar-refractivity contribution in [1.82, 2.24) is 0 Å². The third-order valence-electron chi connectivity index (χ3n) is 8.13. The molecule has 0 aromatic rings. The molecule has 0 saturated carbocycles. The first-order chi connectivity index (χ1) is 18.1. The number of hydrogen-bond acceptors (Lipinski definition) is 6. The first kappa shape index (κ1) is 45.3. The van der Waals surface area contributed by atoms with E-state index in [0.29, 0.717) is 25.7 Å². The van der Waals surface area contributed by atoms with Crippen LogP contribution in [0.5, 0.6) is 0 Å². The van der Waals surface area contributed by atoms with E-state index in [4.69, 9.17) is 0 Å². The summed E-state index contributed by atoms with van der Waals surface area (Å²) in [6, 6.07) is 0. The largest absolute Gasteiger partial charge is 1.00 e. The van der Waals surface area contributed by atoms with Crippen LogP contribution in [-0.2, 0) is 19.7 Å². The van der Waals surface area contributed by atoms with E-state index in [2.05, 4.69) is 6.92 Å². The van der Waals surface area contributed by atoms with Gasteiger partial charge in [0.1, 0.15) is 4.75 Å². The van der Waals surface area contributed by atoms with E-state index in [0.717, 1.165) is 32.1 Å². The molecule has 0 amide bonds. The normalized spacial score (nSPS) is 14.4. The molecule has 0 fully saturated rings. The quantitative estimate of drug-likeness (QED) is 0.0790. The summed E-state index contributed by atoms with van der Waals surface area (Å²) < 4.78 is 31.9. The van der Waals surface area contributed by atoms with Crippen molar-refractivity contribution in [2.75, 3.05) is 0 Å². The van der Waals surface area contributed by atoms with E-state index < -0.39 is 39.1 Å². The summed E-state index contributed by atoms with van der Waals surface area (Å²) in [6.45, 7) is 6.00. The van der Waals surface area contributed by atoms with E-state index in [1.807, 2.05) is 6.92 Å².